The van der Waals surface area contributed by atoms with Crippen LogP contribution in [0.25, 0.3) is 11.3 Å². The smallest absolute Gasteiger partial charge is 0.106 e. The van der Waals surface area contributed by atoms with Gasteiger partial charge in [0.15, 0.2) is 0 Å². The lowest BCUT2D eigenvalue weighted by Gasteiger charge is -1.95. The number of halogens is 1. The number of hydrogen-bond donors (Lipinski definition) is 1. The lowest BCUT2D eigenvalue weighted by Crippen LogP contribution is -1.80. The molecule has 0 aliphatic carbocycles. The minimum Gasteiger partial charge on any atom is -0.278 e. The fraction of sp³-hybridized carbons (Fsp3) is 0. The van der Waals surface area contributed by atoms with Crippen LogP contribution >= 0.6 is 15.9 Å². The highest BCUT2D eigenvalue weighted by Crippen LogP contribution is 2.16. The molecule has 60 valence electrons. The van der Waals surface area contributed by atoms with Crippen molar-refractivity contribution in [1.29, 1.82) is 0 Å². The monoisotopic (exact) mass is 223 g/mol. The fourth-order valence-corrected chi connectivity index (χ4v) is 1.19. The van der Waals surface area contributed by atoms with Crippen molar-refractivity contribution in [3.05, 3.63) is 35.2 Å². The maximum Gasteiger partial charge on any atom is 0.106 e. The number of H-pyrrole nitrogens is 1. The van der Waals surface area contributed by atoms with Gasteiger partial charge in [0, 0.05) is 18.0 Å². The molecular formula is C8H6BrN3. The second kappa shape index (κ2) is 3.06. The minimum absolute atomic E-state index is 0.839. The normalized spacial score (nSPS) is 10.1. The topological polar surface area (TPSA) is 41.6 Å². The van der Waals surface area contributed by atoms with Crippen molar-refractivity contribution in [2.24, 2.45) is 0 Å². The first-order valence-electron chi connectivity index (χ1n) is 3.47. The summed E-state index contributed by atoms with van der Waals surface area (Å²) in [6.45, 7) is 0. The van der Waals surface area contributed by atoms with Gasteiger partial charge in [-0.3, -0.25) is 5.10 Å². The van der Waals surface area contributed by atoms with Crippen molar-refractivity contribution < 1.29 is 0 Å². The summed E-state index contributed by atoms with van der Waals surface area (Å²) in [6.07, 6.45) is 3.51. The van der Waals surface area contributed by atoms with Crippen LogP contribution < -0.4 is 0 Å². The van der Waals surface area contributed by atoms with Gasteiger partial charge in [0.05, 0.1) is 5.69 Å². The van der Waals surface area contributed by atoms with E-state index < -0.39 is 0 Å². The van der Waals surface area contributed by atoms with Gasteiger partial charge in [0.25, 0.3) is 0 Å². The molecule has 2 aromatic rings. The standard InChI is InChI=1S/C8H6BrN3/c9-8-2-1-6(5-10-8)7-3-4-11-12-7/h1-5H,(H,11,12). The third kappa shape index (κ3) is 1.38. The van der Waals surface area contributed by atoms with Gasteiger partial charge in [-0.25, -0.2) is 4.98 Å². The van der Waals surface area contributed by atoms with Gasteiger partial charge in [0.1, 0.15) is 4.60 Å². The third-order valence-electron chi connectivity index (χ3n) is 1.54. The number of pyridine rings is 1. The van der Waals surface area contributed by atoms with Crippen LogP contribution in [0.15, 0.2) is 35.2 Å². The van der Waals surface area contributed by atoms with Gasteiger partial charge in [-0.05, 0) is 34.1 Å². The summed E-state index contributed by atoms with van der Waals surface area (Å²) in [7, 11) is 0. The lowest BCUT2D eigenvalue weighted by molar-refractivity contribution is 1.09. The van der Waals surface area contributed by atoms with Crippen LogP contribution in [0.3, 0.4) is 0 Å². The SMILES string of the molecule is Brc1ccc(-c2ccn[nH]2)cn1. The van der Waals surface area contributed by atoms with E-state index in [1.807, 2.05) is 18.2 Å². The van der Waals surface area contributed by atoms with Gasteiger partial charge in [0.2, 0.25) is 0 Å². The molecule has 2 aromatic heterocycles. The Hall–Kier alpha value is -1.16. The average molecular weight is 224 g/mol. The quantitative estimate of drug-likeness (QED) is 0.754. The molecule has 0 fully saturated rings. The number of hydrogen-bond acceptors (Lipinski definition) is 2. The van der Waals surface area contributed by atoms with Crippen molar-refractivity contribution in [2.75, 3.05) is 0 Å². The second-order valence-corrected chi connectivity index (χ2v) is 3.15. The van der Waals surface area contributed by atoms with Crippen LogP contribution in [0.5, 0.6) is 0 Å². The average Bonchev–Trinajstić information content (AvgIpc) is 2.58. The highest BCUT2D eigenvalue weighted by Gasteiger charge is 1.97. The van der Waals surface area contributed by atoms with E-state index in [-0.39, 0.29) is 0 Å². The van der Waals surface area contributed by atoms with E-state index in [0.717, 1.165) is 15.9 Å². The van der Waals surface area contributed by atoms with E-state index in [9.17, 15) is 0 Å². The molecule has 0 amide bonds. The zero-order chi connectivity index (χ0) is 8.39. The number of rotatable bonds is 1. The Balaban J connectivity index is 2.43. The molecule has 0 radical (unpaired) electrons. The summed E-state index contributed by atoms with van der Waals surface area (Å²) in [4.78, 5) is 4.10. The van der Waals surface area contributed by atoms with Crippen LogP contribution in [0.2, 0.25) is 0 Å². The van der Waals surface area contributed by atoms with E-state index in [0.29, 0.717) is 0 Å². The lowest BCUT2D eigenvalue weighted by atomic mass is 10.2. The molecule has 0 unspecified atom stereocenters. The van der Waals surface area contributed by atoms with E-state index in [2.05, 4.69) is 31.1 Å². The van der Waals surface area contributed by atoms with Gasteiger partial charge < -0.3 is 0 Å². The Kier molecular flexibility index (Phi) is 1.91. The summed E-state index contributed by atoms with van der Waals surface area (Å²) in [5.74, 6) is 0. The number of nitrogens with zero attached hydrogens (tertiary/aromatic N) is 2. The zero-order valence-electron chi connectivity index (χ0n) is 6.16. The molecule has 12 heavy (non-hydrogen) atoms. The Labute approximate surface area is 78.0 Å². The number of aromatic nitrogens is 3. The summed E-state index contributed by atoms with van der Waals surface area (Å²) in [5, 5.41) is 6.72. The summed E-state index contributed by atoms with van der Waals surface area (Å²) < 4.78 is 0.839. The molecular weight excluding hydrogens is 218 g/mol. The first-order valence-corrected chi connectivity index (χ1v) is 4.27. The van der Waals surface area contributed by atoms with Crippen LogP contribution in [-0.4, -0.2) is 15.2 Å². The largest absolute Gasteiger partial charge is 0.278 e. The third-order valence-corrected chi connectivity index (χ3v) is 2.01. The summed E-state index contributed by atoms with van der Waals surface area (Å²) >= 11 is 3.27. The van der Waals surface area contributed by atoms with Crippen molar-refractivity contribution >= 4 is 15.9 Å². The molecule has 0 saturated heterocycles. The first-order chi connectivity index (χ1) is 5.86. The van der Waals surface area contributed by atoms with E-state index >= 15 is 0 Å². The molecule has 0 atom stereocenters. The number of nitrogens with one attached hydrogen (secondary N) is 1. The molecule has 0 spiro atoms. The maximum absolute atomic E-state index is 4.10. The van der Waals surface area contributed by atoms with Gasteiger partial charge in [-0.1, -0.05) is 0 Å². The first kappa shape index (κ1) is 7.49. The van der Waals surface area contributed by atoms with Crippen LogP contribution in [-0.2, 0) is 0 Å². The van der Waals surface area contributed by atoms with Crippen molar-refractivity contribution in [2.45, 2.75) is 0 Å². The minimum atomic E-state index is 0.839. The fourth-order valence-electron chi connectivity index (χ4n) is 0.952. The van der Waals surface area contributed by atoms with Crippen LogP contribution in [0.1, 0.15) is 0 Å². The molecule has 2 rings (SSSR count). The van der Waals surface area contributed by atoms with Crippen molar-refractivity contribution in [1.82, 2.24) is 15.2 Å². The second-order valence-electron chi connectivity index (χ2n) is 2.34. The van der Waals surface area contributed by atoms with Gasteiger partial charge >= 0.3 is 0 Å². The highest BCUT2D eigenvalue weighted by molar-refractivity contribution is 9.10. The zero-order valence-corrected chi connectivity index (χ0v) is 7.75. The molecule has 2 heterocycles. The Bertz CT molecular complexity index is 352. The van der Waals surface area contributed by atoms with Crippen molar-refractivity contribution in [3.8, 4) is 11.3 Å². The summed E-state index contributed by atoms with van der Waals surface area (Å²) in [5.41, 5.74) is 2.02. The molecule has 0 aliphatic rings. The van der Waals surface area contributed by atoms with Gasteiger partial charge in [-0.15, -0.1) is 0 Å². The Morgan fingerprint density at radius 2 is 2.17 bits per heavy atom. The van der Waals surface area contributed by atoms with Gasteiger partial charge in [-0.2, -0.15) is 5.10 Å². The molecule has 0 bridgehead atoms. The molecule has 3 nitrogen and oxygen atoms in total. The molecule has 0 aliphatic heterocycles. The van der Waals surface area contributed by atoms with E-state index in [1.54, 1.807) is 12.4 Å². The molecule has 1 N–H and O–H groups in total. The van der Waals surface area contributed by atoms with Crippen LogP contribution in [0, 0.1) is 0 Å². The highest BCUT2D eigenvalue weighted by atomic mass is 79.9. The van der Waals surface area contributed by atoms with Crippen molar-refractivity contribution in [3.63, 3.8) is 0 Å². The predicted octanol–water partition coefficient (Wildman–Crippen LogP) is 2.23. The molecule has 0 aromatic carbocycles. The van der Waals surface area contributed by atoms with E-state index in [4.69, 9.17) is 0 Å². The Morgan fingerprint density at radius 3 is 2.75 bits per heavy atom. The molecule has 0 saturated carbocycles. The maximum atomic E-state index is 4.10. The van der Waals surface area contributed by atoms with E-state index in [1.165, 1.54) is 0 Å². The predicted molar refractivity (Wildman–Crippen MR) is 49.5 cm³/mol. The molecule has 4 heteroatoms. The van der Waals surface area contributed by atoms with Crippen LogP contribution in [0.4, 0.5) is 0 Å². The number of aromatic amines is 1. The summed E-state index contributed by atoms with van der Waals surface area (Å²) in [6, 6.07) is 5.78. The Morgan fingerprint density at radius 1 is 1.25 bits per heavy atom.